The fraction of sp³-hybridized carbons (Fsp3) is 0.500. The number of nitrogens with one attached hydrogen (secondary N) is 2. The highest BCUT2D eigenvalue weighted by Crippen LogP contribution is 2.18. The molecule has 1 amide bonds. The number of rotatable bonds is 3. The molecule has 1 aromatic heterocycles. The largest absolute Gasteiger partial charge is 0.391 e. The predicted molar refractivity (Wildman–Crippen MR) is 67.8 cm³/mol. The van der Waals surface area contributed by atoms with Crippen molar-refractivity contribution >= 4 is 11.6 Å². The average Bonchev–Trinajstić information content (AvgIpc) is 2.41. The van der Waals surface area contributed by atoms with E-state index >= 15 is 0 Å². The van der Waals surface area contributed by atoms with Crippen LogP contribution in [0.15, 0.2) is 18.3 Å². The van der Waals surface area contributed by atoms with Crippen LogP contribution < -0.4 is 16.6 Å². The van der Waals surface area contributed by atoms with Crippen LogP contribution in [0.4, 0.5) is 5.69 Å². The van der Waals surface area contributed by atoms with E-state index in [1.807, 2.05) is 0 Å². The van der Waals surface area contributed by atoms with Crippen molar-refractivity contribution in [1.82, 2.24) is 10.3 Å². The summed E-state index contributed by atoms with van der Waals surface area (Å²) in [5.41, 5.74) is 3.42. The Morgan fingerprint density at radius 3 is 2.78 bits per heavy atom. The first kappa shape index (κ1) is 12.8. The summed E-state index contributed by atoms with van der Waals surface area (Å²) in [4.78, 5) is 15.9. The molecule has 0 aliphatic heterocycles. The van der Waals surface area contributed by atoms with Crippen molar-refractivity contribution in [3.8, 4) is 0 Å². The maximum atomic E-state index is 11.9. The van der Waals surface area contributed by atoms with Gasteiger partial charge in [0.15, 0.2) is 0 Å². The van der Waals surface area contributed by atoms with Crippen LogP contribution >= 0.6 is 0 Å². The van der Waals surface area contributed by atoms with Crippen LogP contribution in [-0.4, -0.2) is 28.1 Å². The van der Waals surface area contributed by atoms with Crippen molar-refractivity contribution in [3.05, 3.63) is 24.0 Å². The predicted octanol–water partition coefficient (Wildman–Crippen LogP) is 0.400. The van der Waals surface area contributed by atoms with Gasteiger partial charge in [0.1, 0.15) is 5.69 Å². The van der Waals surface area contributed by atoms with Crippen molar-refractivity contribution in [2.24, 2.45) is 5.84 Å². The fourth-order valence-corrected chi connectivity index (χ4v) is 2.14. The monoisotopic (exact) mass is 250 g/mol. The van der Waals surface area contributed by atoms with Crippen molar-refractivity contribution in [3.63, 3.8) is 0 Å². The molecule has 98 valence electrons. The van der Waals surface area contributed by atoms with E-state index in [4.69, 9.17) is 5.84 Å². The molecule has 1 aromatic rings. The highest BCUT2D eigenvalue weighted by Gasteiger charge is 2.25. The summed E-state index contributed by atoms with van der Waals surface area (Å²) in [5.74, 6) is 4.96. The maximum Gasteiger partial charge on any atom is 0.270 e. The van der Waals surface area contributed by atoms with Crippen LogP contribution in [0.5, 0.6) is 0 Å². The topological polar surface area (TPSA) is 100 Å². The number of anilines is 1. The summed E-state index contributed by atoms with van der Waals surface area (Å²) in [6, 6.07) is 3.11. The Balaban J connectivity index is 1.97. The quantitative estimate of drug-likeness (QED) is 0.459. The molecule has 1 aliphatic rings. The number of carbonyl (C=O) groups excluding carboxylic acids is 1. The standard InChI is InChI=1S/C12H18N4O2/c13-16-8-5-6-10(14-7-8)12(18)15-9-3-1-2-4-11(9)17/h5-7,9,11,16-17H,1-4,13H2,(H,15,18). The van der Waals surface area contributed by atoms with Crippen LogP contribution in [0, 0.1) is 0 Å². The van der Waals surface area contributed by atoms with E-state index in [1.165, 1.54) is 6.20 Å². The Hall–Kier alpha value is -1.66. The minimum atomic E-state index is -0.451. The number of aliphatic hydroxyl groups excluding tert-OH is 1. The zero-order valence-corrected chi connectivity index (χ0v) is 10.1. The molecule has 1 saturated carbocycles. The van der Waals surface area contributed by atoms with Gasteiger partial charge >= 0.3 is 0 Å². The number of amides is 1. The third-order valence-corrected chi connectivity index (χ3v) is 3.21. The number of aliphatic hydroxyl groups is 1. The smallest absolute Gasteiger partial charge is 0.270 e. The van der Waals surface area contributed by atoms with Gasteiger partial charge in [-0.05, 0) is 25.0 Å². The molecule has 2 unspecified atom stereocenters. The summed E-state index contributed by atoms with van der Waals surface area (Å²) < 4.78 is 0. The lowest BCUT2D eigenvalue weighted by Gasteiger charge is -2.28. The second-order valence-electron chi connectivity index (χ2n) is 4.51. The Morgan fingerprint density at radius 1 is 1.39 bits per heavy atom. The van der Waals surface area contributed by atoms with E-state index in [9.17, 15) is 9.90 Å². The Morgan fingerprint density at radius 2 is 2.17 bits per heavy atom. The van der Waals surface area contributed by atoms with Gasteiger partial charge in [0, 0.05) is 0 Å². The van der Waals surface area contributed by atoms with E-state index in [1.54, 1.807) is 12.1 Å². The maximum absolute atomic E-state index is 11.9. The van der Waals surface area contributed by atoms with Gasteiger partial charge in [-0.25, -0.2) is 4.98 Å². The lowest BCUT2D eigenvalue weighted by atomic mass is 9.92. The summed E-state index contributed by atoms with van der Waals surface area (Å²) in [5, 5.41) is 12.6. The Labute approximate surface area is 106 Å². The van der Waals surface area contributed by atoms with Gasteiger partial charge < -0.3 is 15.8 Å². The first-order valence-electron chi connectivity index (χ1n) is 6.12. The first-order chi connectivity index (χ1) is 8.70. The molecular formula is C12H18N4O2. The highest BCUT2D eigenvalue weighted by molar-refractivity contribution is 5.92. The van der Waals surface area contributed by atoms with E-state index in [0.29, 0.717) is 11.4 Å². The highest BCUT2D eigenvalue weighted by atomic mass is 16.3. The van der Waals surface area contributed by atoms with E-state index in [-0.39, 0.29) is 11.9 Å². The number of hydrogen-bond acceptors (Lipinski definition) is 5. The Bertz CT molecular complexity index is 407. The number of aromatic nitrogens is 1. The summed E-state index contributed by atoms with van der Waals surface area (Å²) in [7, 11) is 0. The lowest BCUT2D eigenvalue weighted by Crippen LogP contribution is -2.45. The number of hydrazine groups is 1. The molecule has 6 nitrogen and oxygen atoms in total. The van der Waals surface area contributed by atoms with Crippen LogP contribution in [-0.2, 0) is 0 Å². The number of nitrogen functional groups attached to an aromatic ring is 1. The second-order valence-corrected chi connectivity index (χ2v) is 4.51. The van der Waals surface area contributed by atoms with E-state index in [0.717, 1.165) is 25.7 Å². The van der Waals surface area contributed by atoms with Crippen molar-refractivity contribution in [1.29, 1.82) is 0 Å². The molecule has 2 atom stereocenters. The molecule has 2 rings (SSSR count). The third kappa shape index (κ3) is 2.96. The second kappa shape index (κ2) is 5.79. The van der Waals surface area contributed by atoms with Gasteiger partial charge in [-0.15, -0.1) is 0 Å². The SMILES string of the molecule is NNc1ccc(C(=O)NC2CCCCC2O)nc1. The molecular weight excluding hydrogens is 232 g/mol. The number of pyridine rings is 1. The molecule has 5 N–H and O–H groups in total. The molecule has 6 heteroatoms. The molecule has 0 bridgehead atoms. The molecule has 0 aromatic carbocycles. The van der Waals surface area contributed by atoms with Gasteiger partial charge in [-0.1, -0.05) is 12.8 Å². The van der Waals surface area contributed by atoms with Gasteiger partial charge in [0.2, 0.25) is 0 Å². The zero-order chi connectivity index (χ0) is 13.0. The van der Waals surface area contributed by atoms with E-state index < -0.39 is 6.10 Å². The fourth-order valence-electron chi connectivity index (χ4n) is 2.14. The third-order valence-electron chi connectivity index (χ3n) is 3.21. The van der Waals surface area contributed by atoms with Crippen LogP contribution in [0.3, 0.4) is 0 Å². The zero-order valence-electron chi connectivity index (χ0n) is 10.1. The van der Waals surface area contributed by atoms with Gasteiger partial charge in [0.25, 0.3) is 5.91 Å². The molecule has 1 heterocycles. The van der Waals surface area contributed by atoms with Crippen molar-refractivity contribution in [2.45, 2.75) is 37.8 Å². The van der Waals surface area contributed by atoms with Crippen molar-refractivity contribution in [2.75, 3.05) is 5.43 Å². The number of nitrogens with two attached hydrogens (primary N) is 1. The summed E-state index contributed by atoms with van der Waals surface area (Å²) >= 11 is 0. The minimum absolute atomic E-state index is 0.166. The number of hydrogen-bond donors (Lipinski definition) is 4. The normalized spacial score (nSPS) is 23.4. The lowest BCUT2D eigenvalue weighted by molar-refractivity contribution is 0.0714. The first-order valence-corrected chi connectivity index (χ1v) is 6.12. The molecule has 1 fully saturated rings. The number of carbonyl (C=O) groups is 1. The molecule has 1 aliphatic carbocycles. The molecule has 0 spiro atoms. The van der Waals surface area contributed by atoms with E-state index in [2.05, 4.69) is 15.7 Å². The molecule has 0 radical (unpaired) electrons. The minimum Gasteiger partial charge on any atom is -0.391 e. The van der Waals surface area contributed by atoms with Crippen molar-refractivity contribution < 1.29 is 9.90 Å². The molecule has 18 heavy (non-hydrogen) atoms. The average molecular weight is 250 g/mol. The van der Waals surface area contributed by atoms with Gasteiger partial charge in [-0.2, -0.15) is 0 Å². The number of nitrogens with zero attached hydrogens (tertiary/aromatic N) is 1. The summed E-state index contributed by atoms with van der Waals surface area (Å²) in [6.07, 6.45) is 4.65. The van der Waals surface area contributed by atoms with Crippen LogP contribution in [0.25, 0.3) is 0 Å². The Kier molecular flexibility index (Phi) is 4.11. The van der Waals surface area contributed by atoms with Crippen LogP contribution in [0.1, 0.15) is 36.2 Å². The van der Waals surface area contributed by atoms with Crippen LogP contribution in [0.2, 0.25) is 0 Å². The van der Waals surface area contributed by atoms with Gasteiger partial charge in [0.05, 0.1) is 24.0 Å². The van der Waals surface area contributed by atoms with Gasteiger partial charge in [-0.3, -0.25) is 10.6 Å². The molecule has 0 saturated heterocycles. The summed E-state index contributed by atoms with van der Waals surface area (Å²) in [6.45, 7) is 0.